The number of ether oxygens (including phenoxy) is 4. The van der Waals surface area contributed by atoms with Crippen LogP contribution in [0.3, 0.4) is 0 Å². The predicted molar refractivity (Wildman–Crippen MR) is 349 cm³/mol. The molecule has 0 aliphatic heterocycles. The largest absolute Gasteiger partial charge is 0.472 e. The summed E-state index contributed by atoms with van der Waals surface area (Å²) in [7, 11) is -9.90. The minimum Gasteiger partial charge on any atom is -0.462 e. The van der Waals surface area contributed by atoms with Gasteiger partial charge in [0, 0.05) is 25.7 Å². The molecule has 0 aromatic rings. The summed E-state index contributed by atoms with van der Waals surface area (Å²) in [5.74, 6) is -2.16. The number of carbonyl (C=O) groups is 4. The van der Waals surface area contributed by atoms with Crippen LogP contribution < -0.4 is 0 Å². The third-order valence-electron chi connectivity index (χ3n) is 15.2. The third kappa shape index (κ3) is 62.1. The Hall–Kier alpha value is -2.46. The number of hydrogen-bond acceptors (Lipinski definition) is 15. The van der Waals surface area contributed by atoms with Crippen molar-refractivity contribution in [2.24, 2.45) is 0 Å². The minimum atomic E-state index is -4.96. The molecule has 0 rings (SSSR count). The number of esters is 4. The Morgan fingerprint density at radius 1 is 0.322 bits per heavy atom. The van der Waals surface area contributed by atoms with Crippen molar-refractivity contribution in [2.45, 2.75) is 348 Å². The van der Waals surface area contributed by atoms with E-state index in [1.54, 1.807) is 0 Å². The molecular weight excluding hydrogens is 1150 g/mol. The van der Waals surface area contributed by atoms with Crippen LogP contribution in [0.25, 0.3) is 0 Å². The second-order valence-electron chi connectivity index (χ2n) is 23.9. The summed E-state index contributed by atoms with van der Waals surface area (Å²) >= 11 is 0. The number of aliphatic hydroxyl groups is 1. The van der Waals surface area contributed by atoms with Crippen molar-refractivity contribution in [1.29, 1.82) is 0 Å². The molecule has 0 amide bonds. The van der Waals surface area contributed by atoms with Gasteiger partial charge in [-0.05, 0) is 51.4 Å². The Bertz CT molecular complexity index is 1760. The van der Waals surface area contributed by atoms with Gasteiger partial charge in [0.2, 0.25) is 0 Å². The van der Waals surface area contributed by atoms with Gasteiger partial charge in [-0.2, -0.15) is 0 Å². The van der Waals surface area contributed by atoms with Crippen molar-refractivity contribution in [3.05, 3.63) is 24.3 Å². The number of aliphatic hydroxyl groups excluding tert-OH is 1. The number of hydrogen-bond donors (Lipinski definition) is 3. The SMILES string of the molecule is CCCCCC/C=C\C=C/CCCCCCCC(=O)O[C@H](COC(=O)CCCCCCCCCCCCCC)COP(=O)(O)OC[C@@H](O)COP(=O)(O)OC[C@@H](COC(=O)CCCCCCCCCC)OC(=O)CCCCCCCCCCCCCC. The van der Waals surface area contributed by atoms with Crippen LogP contribution in [0.4, 0.5) is 0 Å². The van der Waals surface area contributed by atoms with E-state index in [1.165, 1.54) is 141 Å². The van der Waals surface area contributed by atoms with E-state index in [0.29, 0.717) is 25.7 Å². The van der Waals surface area contributed by atoms with Crippen LogP contribution in [0.5, 0.6) is 0 Å². The van der Waals surface area contributed by atoms with Crippen molar-refractivity contribution < 1.29 is 80.2 Å². The van der Waals surface area contributed by atoms with E-state index in [4.69, 9.17) is 37.0 Å². The summed E-state index contributed by atoms with van der Waals surface area (Å²) < 4.78 is 68.1. The molecule has 0 spiro atoms. The minimum absolute atomic E-state index is 0.0856. The second kappa shape index (κ2) is 62.4. The summed E-state index contributed by atoms with van der Waals surface area (Å²) in [6.07, 6.45) is 52.0. The lowest BCUT2D eigenvalue weighted by Crippen LogP contribution is -2.30. The zero-order valence-corrected chi connectivity index (χ0v) is 57.3. The number of rotatable bonds is 67. The van der Waals surface area contributed by atoms with Gasteiger partial charge >= 0.3 is 39.5 Å². The zero-order valence-electron chi connectivity index (χ0n) is 55.5. The quantitative estimate of drug-likeness (QED) is 0.0169. The van der Waals surface area contributed by atoms with E-state index in [2.05, 4.69) is 52.0 Å². The number of phosphoric acid groups is 2. The molecule has 0 heterocycles. The van der Waals surface area contributed by atoms with Gasteiger partial charge in [-0.3, -0.25) is 37.3 Å². The highest BCUT2D eigenvalue weighted by Crippen LogP contribution is 2.45. The molecule has 0 aromatic carbocycles. The summed E-state index contributed by atoms with van der Waals surface area (Å²) in [5.41, 5.74) is 0. The van der Waals surface area contributed by atoms with Crippen molar-refractivity contribution >= 4 is 39.5 Å². The molecule has 0 aromatic heterocycles. The molecule has 87 heavy (non-hydrogen) atoms. The first kappa shape index (κ1) is 84.5. The van der Waals surface area contributed by atoms with E-state index < -0.39 is 97.5 Å². The van der Waals surface area contributed by atoms with E-state index in [9.17, 15) is 43.2 Å². The molecule has 0 radical (unpaired) electrons. The van der Waals surface area contributed by atoms with Crippen LogP contribution in [0.2, 0.25) is 0 Å². The second-order valence-corrected chi connectivity index (χ2v) is 26.8. The smallest absolute Gasteiger partial charge is 0.462 e. The Labute approximate surface area is 529 Å². The molecule has 512 valence electrons. The molecule has 0 bridgehead atoms. The van der Waals surface area contributed by atoms with Gasteiger partial charge in [-0.25, -0.2) is 9.13 Å². The number of unbranched alkanes of at least 4 members (excludes halogenated alkanes) is 38. The molecule has 5 atom stereocenters. The van der Waals surface area contributed by atoms with Crippen LogP contribution in [-0.4, -0.2) is 96.7 Å². The highest BCUT2D eigenvalue weighted by molar-refractivity contribution is 7.47. The van der Waals surface area contributed by atoms with Gasteiger partial charge in [-0.1, -0.05) is 277 Å². The van der Waals surface area contributed by atoms with E-state index in [-0.39, 0.29) is 25.7 Å². The fraction of sp³-hybridized carbons (Fsp3) is 0.882. The lowest BCUT2D eigenvalue weighted by atomic mass is 10.0. The van der Waals surface area contributed by atoms with Gasteiger partial charge in [0.25, 0.3) is 0 Å². The highest BCUT2D eigenvalue weighted by atomic mass is 31.2. The standard InChI is InChI=1S/C68H128O17P2/c1-5-9-13-17-21-25-28-31-32-33-36-39-43-47-51-55-68(73)85-64(59-79-66(71)53-49-45-41-37-34-29-26-22-18-14-10-6-2)61-83-87(76,77)81-57-62(69)56-80-86(74,75)82-60-63(58-78-65(70)52-48-44-40-24-20-16-12-8-4)84-67(72)54-50-46-42-38-35-30-27-23-19-15-11-7-3/h25,28,31-32,62-64,69H,5-24,26-27,29-30,33-61H2,1-4H3,(H,74,75)(H,76,77)/b28-25-,32-31-/t62-,63+,64+/m0/s1. The van der Waals surface area contributed by atoms with Crippen molar-refractivity contribution in [1.82, 2.24) is 0 Å². The molecule has 0 saturated heterocycles. The van der Waals surface area contributed by atoms with Gasteiger partial charge in [0.05, 0.1) is 26.4 Å². The molecule has 2 unspecified atom stereocenters. The lowest BCUT2D eigenvalue weighted by Gasteiger charge is -2.21. The van der Waals surface area contributed by atoms with Crippen molar-refractivity contribution in [3.8, 4) is 0 Å². The average molecular weight is 1280 g/mol. The van der Waals surface area contributed by atoms with Crippen LogP contribution in [0, 0.1) is 0 Å². The average Bonchev–Trinajstić information content (AvgIpc) is 3.71. The monoisotopic (exact) mass is 1280 g/mol. The summed E-state index contributed by atoms with van der Waals surface area (Å²) in [4.78, 5) is 72.3. The maximum absolute atomic E-state index is 13.0. The first-order valence-electron chi connectivity index (χ1n) is 35.1. The number of carbonyl (C=O) groups excluding carboxylic acids is 4. The first-order valence-corrected chi connectivity index (χ1v) is 38.1. The molecule has 0 aliphatic carbocycles. The molecule has 3 N–H and O–H groups in total. The molecule has 0 aliphatic rings. The van der Waals surface area contributed by atoms with Gasteiger partial charge < -0.3 is 33.8 Å². The predicted octanol–water partition coefficient (Wildman–Crippen LogP) is 19.1. The molecule has 17 nitrogen and oxygen atoms in total. The Balaban J connectivity index is 5.26. The maximum Gasteiger partial charge on any atom is 0.472 e. The van der Waals surface area contributed by atoms with E-state index >= 15 is 0 Å². The summed E-state index contributed by atoms with van der Waals surface area (Å²) in [5, 5.41) is 10.6. The fourth-order valence-corrected chi connectivity index (χ4v) is 11.4. The van der Waals surface area contributed by atoms with Crippen LogP contribution in [0.15, 0.2) is 24.3 Å². The Morgan fingerprint density at radius 3 is 0.839 bits per heavy atom. The van der Waals surface area contributed by atoms with Gasteiger partial charge in [0.1, 0.15) is 19.3 Å². The van der Waals surface area contributed by atoms with E-state index in [1.807, 2.05) is 0 Å². The van der Waals surface area contributed by atoms with Crippen LogP contribution in [-0.2, 0) is 65.4 Å². The molecule has 19 heteroatoms. The fourth-order valence-electron chi connectivity index (χ4n) is 9.80. The van der Waals surface area contributed by atoms with Crippen LogP contribution in [0.1, 0.15) is 329 Å². The molecular formula is C68H128O17P2. The lowest BCUT2D eigenvalue weighted by molar-refractivity contribution is -0.161. The molecule has 0 fully saturated rings. The molecule has 0 saturated carbocycles. The highest BCUT2D eigenvalue weighted by Gasteiger charge is 2.30. The van der Waals surface area contributed by atoms with Gasteiger partial charge in [0.15, 0.2) is 12.2 Å². The van der Waals surface area contributed by atoms with Crippen LogP contribution >= 0.6 is 15.6 Å². The summed E-state index contributed by atoms with van der Waals surface area (Å²) in [6, 6.07) is 0. The topological polar surface area (TPSA) is 237 Å². The zero-order chi connectivity index (χ0) is 64.0. The number of phosphoric ester groups is 2. The maximum atomic E-state index is 13.0. The summed E-state index contributed by atoms with van der Waals surface area (Å²) in [6.45, 7) is 4.84. The van der Waals surface area contributed by atoms with Crippen molar-refractivity contribution in [3.63, 3.8) is 0 Å². The van der Waals surface area contributed by atoms with E-state index in [0.717, 1.165) is 109 Å². The first-order chi connectivity index (χ1) is 42.2. The third-order valence-corrected chi connectivity index (χ3v) is 17.1. The number of allylic oxidation sites excluding steroid dienone is 4. The Kier molecular flexibility index (Phi) is 60.6. The van der Waals surface area contributed by atoms with Crippen molar-refractivity contribution in [2.75, 3.05) is 39.6 Å². The Morgan fingerprint density at radius 2 is 0.552 bits per heavy atom. The normalized spacial score (nSPS) is 14.2. The van der Waals surface area contributed by atoms with Gasteiger partial charge in [-0.15, -0.1) is 0 Å².